The molecule has 0 spiro atoms. The minimum Gasteiger partial charge on any atom is -0.414 e. The molecule has 45 heavy (non-hydrogen) atoms. The monoisotopic (exact) mass is 650 g/mol. The average molecular weight is 651 g/mol. The Bertz CT molecular complexity index is 952. The van der Waals surface area contributed by atoms with Gasteiger partial charge >= 0.3 is 0 Å². The Hall–Kier alpha value is -0.543. The maximum Gasteiger partial charge on any atom is 0.192 e. The van der Waals surface area contributed by atoms with Crippen LogP contribution in [-0.2, 0) is 28.1 Å². The van der Waals surface area contributed by atoms with Gasteiger partial charge in [-0.3, -0.25) is 0 Å². The summed E-state index contributed by atoms with van der Waals surface area (Å²) in [6.45, 7) is 23.0. The fourth-order valence-electron chi connectivity index (χ4n) is 8.19. The number of ether oxygens (including phenoxy) is 5. The van der Waals surface area contributed by atoms with Gasteiger partial charge in [-0.05, 0) is 107 Å². The van der Waals surface area contributed by atoms with Crippen LogP contribution >= 0.6 is 0 Å². The van der Waals surface area contributed by atoms with Gasteiger partial charge in [0.05, 0.1) is 31.0 Å². The Morgan fingerprint density at radius 1 is 0.933 bits per heavy atom. The maximum absolute atomic E-state index is 6.42. The number of allylic oxidation sites excluding steroid dienone is 3. The summed E-state index contributed by atoms with van der Waals surface area (Å²) in [5, 5.41) is 0.212. The van der Waals surface area contributed by atoms with Crippen molar-refractivity contribution in [1.29, 1.82) is 0 Å². The van der Waals surface area contributed by atoms with Crippen LogP contribution in [0.3, 0.4) is 0 Å². The highest BCUT2D eigenvalue weighted by atomic mass is 28.4. The van der Waals surface area contributed by atoms with E-state index in [1.54, 1.807) is 19.8 Å². The Balaban J connectivity index is 1.61. The number of rotatable bonds is 17. The van der Waals surface area contributed by atoms with Gasteiger partial charge in [0.25, 0.3) is 0 Å². The molecular weight excluding hydrogens is 580 g/mol. The standard InChI is InChI=1S/C38H70O6Si/c1-29(14-12-20-37(5,6)43-28-40-9)34-18-19-35-31(15-13-21-38(34,35)7)17-16-30-24-32(26-33(25-30)42-27-39-8)41-22-23-44-45(10,11)36(2,3)4/h16-17,29,32-35H,12-15,18-28H2,1-11H3/b30-16+,31-17+/t29-,32-,33-,34-,35+,38-/m1/s1. The molecule has 6 nitrogen and oxygen atoms in total. The molecule has 262 valence electrons. The van der Waals surface area contributed by atoms with E-state index in [9.17, 15) is 0 Å². The van der Waals surface area contributed by atoms with Crippen LogP contribution < -0.4 is 0 Å². The lowest BCUT2D eigenvalue weighted by Crippen LogP contribution is -2.41. The first-order chi connectivity index (χ1) is 21.1. The van der Waals surface area contributed by atoms with Crippen molar-refractivity contribution in [1.82, 2.24) is 0 Å². The zero-order chi connectivity index (χ0) is 33.3. The maximum atomic E-state index is 6.42. The van der Waals surface area contributed by atoms with Crippen LogP contribution in [0.5, 0.6) is 0 Å². The molecule has 3 fully saturated rings. The van der Waals surface area contributed by atoms with Gasteiger partial charge in [-0.25, -0.2) is 0 Å². The second-order valence-electron chi connectivity index (χ2n) is 16.8. The lowest BCUT2D eigenvalue weighted by Gasteiger charge is -2.44. The fraction of sp³-hybridized carbons (Fsp3) is 0.895. The van der Waals surface area contributed by atoms with E-state index in [2.05, 4.69) is 73.7 Å². The molecular formula is C38H70O6Si. The van der Waals surface area contributed by atoms with E-state index in [0.717, 1.165) is 37.5 Å². The Labute approximate surface area is 278 Å². The van der Waals surface area contributed by atoms with E-state index >= 15 is 0 Å². The molecule has 3 aliphatic carbocycles. The van der Waals surface area contributed by atoms with Crippen LogP contribution in [0.4, 0.5) is 0 Å². The van der Waals surface area contributed by atoms with Crippen LogP contribution in [0, 0.1) is 23.2 Å². The van der Waals surface area contributed by atoms with E-state index in [-0.39, 0.29) is 22.8 Å². The third-order valence-electron chi connectivity index (χ3n) is 11.9. The number of hydrogen-bond donors (Lipinski definition) is 0. The van der Waals surface area contributed by atoms with Crippen LogP contribution in [0.15, 0.2) is 23.3 Å². The summed E-state index contributed by atoms with van der Waals surface area (Å²) < 4.78 is 35.2. The first-order valence-electron chi connectivity index (χ1n) is 18.0. The van der Waals surface area contributed by atoms with Gasteiger partial charge in [0.15, 0.2) is 8.32 Å². The minimum absolute atomic E-state index is 0.124. The van der Waals surface area contributed by atoms with E-state index in [1.165, 1.54) is 50.5 Å². The molecule has 6 atom stereocenters. The summed E-state index contributed by atoms with van der Waals surface area (Å²) in [4.78, 5) is 0. The minimum atomic E-state index is -1.77. The van der Waals surface area contributed by atoms with E-state index < -0.39 is 8.32 Å². The van der Waals surface area contributed by atoms with Crippen LogP contribution in [0.1, 0.15) is 119 Å². The van der Waals surface area contributed by atoms with Crippen molar-refractivity contribution in [3.63, 3.8) is 0 Å². The van der Waals surface area contributed by atoms with Gasteiger partial charge in [-0.15, -0.1) is 0 Å². The van der Waals surface area contributed by atoms with Crippen molar-refractivity contribution in [2.75, 3.05) is 41.0 Å². The summed E-state index contributed by atoms with van der Waals surface area (Å²) in [6.07, 6.45) is 18.3. The fourth-order valence-corrected chi connectivity index (χ4v) is 9.22. The average Bonchev–Trinajstić information content (AvgIpc) is 3.33. The van der Waals surface area contributed by atoms with Crippen molar-refractivity contribution >= 4 is 8.32 Å². The van der Waals surface area contributed by atoms with Crippen molar-refractivity contribution in [3.8, 4) is 0 Å². The van der Waals surface area contributed by atoms with Gasteiger partial charge in [0.2, 0.25) is 0 Å². The number of methoxy groups -OCH3 is 2. The van der Waals surface area contributed by atoms with Crippen molar-refractivity contribution < 1.29 is 28.1 Å². The van der Waals surface area contributed by atoms with Gasteiger partial charge in [-0.1, -0.05) is 70.8 Å². The molecule has 0 radical (unpaired) electrons. The van der Waals surface area contributed by atoms with Crippen molar-refractivity contribution in [2.45, 2.75) is 155 Å². The Morgan fingerprint density at radius 2 is 1.62 bits per heavy atom. The van der Waals surface area contributed by atoms with Crippen molar-refractivity contribution in [2.24, 2.45) is 23.2 Å². The van der Waals surface area contributed by atoms with Crippen LogP contribution in [0.2, 0.25) is 18.1 Å². The lowest BCUT2D eigenvalue weighted by atomic mass is 9.60. The highest BCUT2D eigenvalue weighted by molar-refractivity contribution is 6.74. The molecule has 3 aliphatic rings. The molecule has 0 saturated heterocycles. The summed E-state index contributed by atoms with van der Waals surface area (Å²) in [5.41, 5.74) is 3.41. The highest BCUT2D eigenvalue weighted by Gasteiger charge is 2.50. The zero-order valence-electron chi connectivity index (χ0n) is 31.1. The summed E-state index contributed by atoms with van der Waals surface area (Å²) in [7, 11) is 1.63. The lowest BCUT2D eigenvalue weighted by molar-refractivity contribution is -0.118. The molecule has 3 saturated carbocycles. The molecule has 0 aliphatic heterocycles. The molecule has 0 heterocycles. The Morgan fingerprint density at radius 3 is 2.29 bits per heavy atom. The summed E-state index contributed by atoms with van der Waals surface area (Å²) in [6, 6.07) is 0. The first kappa shape index (κ1) is 38.9. The summed E-state index contributed by atoms with van der Waals surface area (Å²) in [5.74, 6) is 2.25. The van der Waals surface area contributed by atoms with Gasteiger partial charge in [0.1, 0.15) is 13.6 Å². The summed E-state index contributed by atoms with van der Waals surface area (Å²) >= 11 is 0. The number of fused-ring (bicyclic) bond motifs is 1. The quantitative estimate of drug-likeness (QED) is 0.0887. The zero-order valence-corrected chi connectivity index (χ0v) is 32.1. The molecule has 0 aromatic rings. The molecule has 0 aromatic heterocycles. The molecule has 0 amide bonds. The topological polar surface area (TPSA) is 55.4 Å². The second-order valence-corrected chi connectivity index (χ2v) is 21.6. The van der Waals surface area contributed by atoms with Crippen LogP contribution in [0.25, 0.3) is 0 Å². The largest absolute Gasteiger partial charge is 0.414 e. The number of hydrogen-bond acceptors (Lipinski definition) is 6. The molecule has 7 heteroatoms. The predicted molar refractivity (Wildman–Crippen MR) is 188 cm³/mol. The molecule has 0 unspecified atom stereocenters. The van der Waals surface area contributed by atoms with Crippen LogP contribution in [-0.4, -0.2) is 67.1 Å². The molecule has 3 rings (SSSR count). The van der Waals surface area contributed by atoms with E-state index in [1.807, 2.05) is 0 Å². The first-order valence-corrected chi connectivity index (χ1v) is 20.9. The van der Waals surface area contributed by atoms with E-state index in [4.69, 9.17) is 28.1 Å². The predicted octanol–water partition coefficient (Wildman–Crippen LogP) is 9.84. The third-order valence-corrected chi connectivity index (χ3v) is 16.4. The van der Waals surface area contributed by atoms with Gasteiger partial charge in [0, 0.05) is 20.6 Å². The Kier molecular flexibility index (Phi) is 14.9. The van der Waals surface area contributed by atoms with Crippen molar-refractivity contribution in [3.05, 3.63) is 23.3 Å². The highest BCUT2D eigenvalue weighted by Crippen LogP contribution is 2.60. The molecule has 0 bridgehead atoms. The van der Waals surface area contributed by atoms with Gasteiger partial charge in [-0.2, -0.15) is 0 Å². The SMILES string of the molecule is COCO[C@@H]1C/C(=C/C=C2\CCC[C@]3(C)[C@@H]([C@H](C)CCCC(C)(C)OCOC)CC[C@@H]23)C[C@@H](OCCO[Si](C)(C)C(C)(C)C)C1. The molecule has 0 N–H and O–H groups in total. The molecule has 0 aromatic carbocycles. The smallest absolute Gasteiger partial charge is 0.192 e. The van der Waals surface area contributed by atoms with E-state index in [0.29, 0.717) is 38.1 Å². The van der Waals surface area contributed by atoms with Gasteiger partial charge < -0.3 is 28.1 Å². The second kappa shape index (κ2) is 17.2. The third kappa shape index (κ3) is 11.3. The normalized spacial score (nSPS) is 30.6.